The van der Waals surface area contributed by atoms with Gasteiger partial charge in [-0.05, 0) is 41.2 Å². The third kappa shape index (κ3) is 3.88. The molecule has 0 atom stereocenters. The van der Waals surface area contributed by atoms with Gasteiger partial charge >= 0.3 is 0 Å². The van der Waals surface area contributed by atoms with Gasteiger partial charge in [-0.2, -0.15) is 0 Å². The molecule has 3 nitrogen and oxygen atoms in total. The molecular formula is C19H23NO2. The lowest BCUT2D eigenvalue weighted by atomic mass is 9.92. The van der Waals surface area contributed by atoms with Gasteiger partial charge in [-0.3, -0.25) is 4.79 Å². The van der Waals surface area contributed by atoms with Crippen molar-refractivity contribution in [3.05, 3.63) is 59.6 Å². The molecule has 0 fully saturated rings. The first kappa shape index (κ1) is 16.1. The number of furan rings is 1. The van der Waals surface area contributed by atoms with E-state index in [0.29, 0.717) is 17.6 Å². The van der Waals surface area contributed by atoms with Crippen LogP contribution in [0.15, 0.2) is 47.1 Å². The predicted octanol–water partition coefficient (Wildman–Crippen LogP) is 5.18. The summed E-state index contributed by atoms with van der Waals surface area (Å²) in [5, 5.41) is 3.04. The summed E-state index contributed by atoms with van der Waals surface area (Å²) in [5.41, 5.74) is 3.25. The zero-order valence-electron chi connectivity index (χ0n) is 13.6. The number of para-hydroxylation sites is 1. The molecule has 0 bridgehead atoms. The summed E-state index contributed by atoms with van der Waals surface area (Å²) in [6, 6.07) is 9.80. The van der Waals surface area contributed by atoms with Gasteiger partial charge < -0.3 is 9.73 Å². The number of hydrogen-bond donors (Lipinski definition) is 1. The van der Waals surface area contributed by atoms with Gasteiger partial charge in [-0.15, -0.1) is 0 Å². The average Bonchev–Trinajstić information content (AvgIpc) is 2.98. The first-order valence-electron chi connectivity index (χ1n) is 7.64. The highest BCUT2D eigenvalue weighted by Crippen LogP contribution is 2.32. The molecule has 116 valence electrons. The van der Waals surface area contributed by atoms with Crippen LogP contribution in [0.5, 0.6) is 0 Å². The molecule has 0 spiro atoms. The van der Waals surface area contributed by atoms with Crippen molar-refractivity contribution < 1.29 is 9.21 Å². The van der Waals surface area contributed by atoms with E-state index in [1.165, 1.54) is 6.08 Å². The van der Waals surface area contributed by atoms with Crippen molar-refractivity contribution in [1.29, 1.82) is 0 Å². The smallest absolute Gasteiger partial charge is 0.248 e. The minimum atomic E-state index is -0.147. The summed E-state index contributed by atoms with van der Waals surface area (Å²) < 4.78 is 5.19. The lowest BCUT2D eigenvalue weighted by Crippen LogP contribution is -2.13. The average molecular weight is 297 g/mol. The standard InChI is InChI=1S/C19H23NO2/c1-13(2)16-8-5-9-17(14(3)4)19(16)20-18(21)11-10-15-7-6-12-22-15/h5-14H,1-4H3,(H,20,21). The Hall–Kier alpha value is -2.29. The second-order valence-corrected chi connectivity index (χ2v) is 5.96. The number of carbonyl (C=O) groups excluding carboxylic acids is 1. The number of rotatable bonds is 5. The summed E-state index contributed by atoms with van der Waals surface area (Å²) in [7, 11) is 0. The van der Waals surface area contributed by atoms with Crippen LogP contribution < -0.4 is 5.32 Å². The van der Waals surface area contributed by atoms with Crippen LogP contribution >= 0.6 is 0 Å². The molecule has 22 heavy (non-hydrogen) atoms. The van der Waals surface area contributed by atoms with E-state index in [0.717, 1.165) is 16.8 Å². The first-order chi connectivity index (χ1) is 10.5. The first-order valence-corrected chi connectivity index (χ1v) is 7.64. The van der Waals surface area contributed by atoms with E-state index >= 15 is 0 Å². The van der Waals surface area contributed by atoms with Gasteiger partial charge in [-0.1, -0.05) is 45.9 Å². The fourth-order valence-corrected chi connectivity index (χ4v) is 2.40. The number of anilines is 1. The van der Waals surface area contributed by atoms with Crippen molar-refractivity contribution in [2.75, 3.05) is 5.32 Å². The maximum atomic E-state index is 12.2. The molecule has 3 heteroatoms. The van der Waals surface area contributed by atoms with Crippen LogP contribution in [0.25, 0.3) is 6.08 Å². The zero-order valence-corrected chi connectivity index (χ0v) is 13.6. The molecule has 0 saturated heterocycles. The van der Waals surface area contributed by atoms with Gasteiger partial charge in [0.25, 0.3) is 0 Å². The molecular weight excluding hydrogens is 274 g/mol. The largest absolute Gasteiger partial charge is 0.465 e. The molecule has 0 radical (unpaired) electrons. The fourth-order valence-electron chi connectivity index (χ4n) is 2.40. The van der Waals surface area contributed by atoms with E-state index in [9.17, 15) is 4.79 Å². The number of benzene rings is 1. The molecule has 1 N–H and O–H groups in total. The highest BCUT2D eigenvalue weighted by atomic mass is 16.3. The van der Waals surface area contributed by atoms with Crippen molar-refractivity contribution in [3.8, 4) is 0 Å². The molecule has 1 aromatic carbocycles. The Balaban J connectivity index is 2.25. The van der Waals surface area contributed by atoms with E-state index in [4.69, 9.17) is 4.42 Å². The Labute approximate surface area is 132 Å². The number of hydrogen-bond acceptors (Lipinski definition) is 2. The Morgan fingerprint density at radius 3 is 2.18 bits per heavy atom. The normalized spacial score (nSPS) is 11.5. The monoisotopic (exact) mass is 297 g/mol. The minimum Gasteiger partial charge on any atom is -0.465 e. The molecule has 0 aliphatic rings. The van der Waals surface area contributed by atoms with Crippen LogP contribution in [0.1, 0.15) is 56.4 Å². The van der Waals surface area contributed by atoms with Crippen LogP contribution in [-0.4, -0.2) is 5.91 Å². The maximum absolute atomic E-state index is 12.2. The Bertz CT molecular complexity index is 626. The number of carbonyl (C=O) groups is 1. The van der Waals surface area contributed by atoms with Crippen LogP contribution in [0, 0.1) is 0 Å². The van der Waals surface area contributed by atoms with Crippen LogP contribution in [0.3, 0.4) is 0 Å². The molecule has 1 aromatic heterocycles. The third-order valence-electron chi connectivity index (χ3n) is 3.56. The Morgan fingerprint density at radius 2 is 1.68 bits per heavy atom. The molecule has 0 saturated carbocycles. The lowest BCUT2D eigenvalue weighted by Gasteiger charge is -2.19. The van der Waals surface area contributed by atoms with Gasteiger partial charge in [0, 0.05) is 11.8 Å². The second-order valence-electron chi connectivity index (χ2n) is 5.96. The van der Waals surface area contributed by atoms with Gasteiger partial charge in [0.2, 0.25) is 5.91 Å². The van der Waals surface area contributed by atoms with E-state index in [1.807, 2.05) is 6.07 Å². The van der Waals surface area contributed by atoms with Gasteiger partial charge in [0.1, 0.15) is 5.76 Å². The van der Waals surface area contributed by atoms with E-state index in [2.05, 4.69) is 51.2 Å². The Morgan fingerprint density at radius 1 is 1.05 bits per heavy atom. The zero-order chi connectivity index (χ0) is 16.1. The minimum absolute atomic E-state index is 0.147. The summed E-state index contributed by atoms with van der Waals surface area (Å²) >= 11 is 0. The lowest BCUT2D eigenvalue weighted by molar-refractivity contribution is -0.111. The summed E-state index contributed by atoms with van der Waals surface area (Å²) in [4.78, 5) is 12.2. The fraction of sp³-hybridized carbons (Fsp3) is 0.316. The highest BCUT2D eigenvalue weighted by Gasteiger charge is 2.14. The van der Waals surface area contributed by atoms with Crippen LogP contribution in [0.2, 0.25) is 0 Å². The van der Waals surface area contributed by atoms with Crippen molar-refractivity contribution in [2.45, 2.75) is 39.5 Å². The topological polar surface area (TPSA) is 42.2 Å². The SMILES string of the molecule is CC(C)c1cccc(C(C)C)c1NC(=O)C=Cc1ccco1. The maximum Gasteiger partial charge on any atom is 0.248 e. The molecule has 0 aliphatic heterocycles. The van der Waals surface area contributed by atoms with Gasteiger partial charge in [0.15, 0.2) is 0 Å². The van der Waals surface area contributed by atoms with Crippen molar-refractivity contribution in [3.63, 3.8) is 0 Å². The van der Waals surface area contributed by atoms with Crippen molar-refractivity contribution in [1.82, 2.24) is 0 Å². The van der Waals surface area contributed by atoms with Crippen molar-refractivity contribution in [2.24, 2.45) is 0 Å². The highest BCUT2D eigenvalue weighted by molar-refractivity contribution is 6.02. The van der Waals surface area contributed by atoms with Crippen LogP contribution in [-0.2, 0) is 4.79 Å². The van der Waals surface area contributed by atoms with Crippen molar-refractivity contribution >= 4 is 17.7 Å². The quantitative estimate of drug-likeness (QED) is 0.773. The predicted molar refractivity (Wildman–Crippen MR) is 91.0 cm³/mol. The molecule has 2 aromatic rings. The van der Waals surface area contributed by atoms with E-state index in [-0.39, 0.29) is 5.91 Å². The molecule has 1 amide bonds. The third-order valence-corrected chi connectivity index (χ3v) is 3.56. The molecule has 0 aliphatic carbocycles. The summed E-state index contributed by atoms with van der Waals surface area (Å²) in [6.07, 6.45) is 4.75. The molecule has 1 heterocycles. The van der Waals surface area contributed by atoms with Gasteiger partial charge in [-0.25, -0.2) is 0 Å². The van der Waals surface area contributed by atoms with Gasteiger partial charge in [0.05, 0.1) is 6.26 Å². The van der Waals surface area contributed by atoms with E-state index < -0.39 is 0 Å². The van der Waals surface area contributed by atoms with E-state index in [1.54, 1.807) is 18.4 Å². The van der Waals surface area contributed by atoms with Crippen LogP contribution in [0.4, 0.5) is 5.69 Å². The number of amides is 1. The number of nitrogens with one attached hydrogen (secondary N) is 1. The molecule has 2 rings (SSSR count). The second kappa shape index (κ2) is 7.12. The Kier molecular flexibility index (Phi) is 5.21. The summed E-state index contributed by atoms with van der Waals surface area (Å²) in [5.74, 6) is 1.22. The summed E-state index contributed by atoms with van der Waals surface area (Å²) in [6.45, 7) is 8.53. The molecule has 0 unspecified atom stereocenters.